The summed E-state index contributed by atoms with van der Waals surface area (Å²) in [6.07, 6.45) is 2.16. The zero-order valence-electron chi connectivity index (χ0n) is 10.6. The first-order chi connectivity index (χ1) is 8.13. The smallest absolute Gasteiger partial charge is 0.123 e. The van der Waals surface area contributed by atoms with Crippen molar-refractivity contribution >= 4 is 0 Å². The summed E-state index contributed by atoms with van der Waals surface area (Å²) in [7, 11) is 0. The molecule has 2 rings (SSSR count). The molecule has 0 radical (unpaired) electrons. The predicted molar refractivity (Wildman–Crippen MR) is 68.3 cm³/mol. The van der Waals surface area contributed by atoms with Gasteiger partial charge in [0.15, 0.2) is 0 Å². The molecule has 0 aromatic heterocycles. The van der Waals surface area contributed by atoms with Gasteiger partial charge in [0, 0.05) is 6.04 Å². The van der Waals surface area contributed by atoms with E-state index >= 15 is 0 Å². The number of halogens is 1. The van der Waals surface area contributed by atoms with Gasteiger partial charge in [0.2, 0.25) is 0 Å². The van der Waals surface area contributed by atoms with Gasteiger partial charge in [-0.3, -0.25) is 4.90 Å². The number of aryl methyl sites for hydroxylation is 1. The van der Waals surface area contributed by atoms with Crippen LogP contribution in [0.4, 0.5) is 4.39 Å². The molecule has 0 saturated carbocycles. The molecule has 17 heavy (non-hydrogen) atoms. The fourth-order valence-corrected chi connectivity index (χ4v) is 2.81. The average Bonchev–Trinajstić information content (AvgIpc) is 2.32. The van der Waals surface area contributed by atoms with Crippen molar-refractivity contribution in [3.05, 3.63) is 35.1 Å². The Labute approximate surface area is 103 Å². The van der Waals surface area contributed by atoms with Gasteiger partial charge in [0.25, 0.3) is 0 Å². The summed E-state index contributed by atoms with van der Waals surface area (Å²) in [5, 5.41) is 0. The van der Waals surface area contributed by atoms with Crippen LogP contribution in [0.1, 0.15) is 36.9 Å². The summed E-state index contributed by atoms with van der Waals surface area (Å²) >= 11 is 0. The highest BCUT2D eigenvalue weighted by atomic mass is 19.1. The Hall–Kier alpha value is -0.930. The lowest BCUT2D eigenvalue weighted by molar-refractivity contribution is 0.135. The molecule has 1 saturated heterocycles. The van der Waals surface area contributed by atoms with Crippen LogP contribution in [-0.2, 0) is 0 Å². The van der Waals surface area contributed by atoms with E-state index in [1.54, 1.807) is 6.07 Å². The maximum absolute atomic E-state index is 13.4. The molecule has 1 heterocycles. The molecule has 0 bridgehead atoms. The van der Waals surface area contributed by atoms with E-state index in [9.17, 15) is 4.39 Å². The van der Waals surface area contributed by atoms with E-state index in [2.05, 4.69) is 11.8 Å². The molecule has 2 N–H and O–H groups in total. The topological polar surface area (TPSA) is 29.3 Å². The predicted octanol–water partition coefficient (Wildman–Crippen LogP) is 2.62. The third kappa shape index (κ3) is 2.50. The minimum absolute atomic E-state index is 0.115. The number of hydrogen-bond donors (Lipinski definition) is 1. The molecule has 1 aliphatic heterocycles. The van der Waals surface area contributed by atoms with Crippen LogP contribution in [-0.4, -0.2) is 24.0 Å². The Bertz CT molecular complexity index is 392. The number of nitrogens with zero attached hydrogens (tertiary/aromatic N) is 1. The normalized spacial score (nSPS) is 26.1. The van der Waals surface area contributed by atoms with E-state index in [1.165, 1.54) is 6.07 Å². The van der Waals surface area contributed by atoms with Gasteiger partial charge in [-0.15, -0.1) is 0 Å². The van der Waals surface area contributed by atoms with Crippen LogP contribution in [0.2, 0.25) is 0 Å². The lowest BCUT2D eigenvalue weighted by Crippen LogP contribution is -2.46. The van der Waals surface area contributed by atoms with Gasteiger partial charge in [0.1, 0.15) is 5.82 Å². The molecule has 94 valence electrons. The van der Waals surface area contributed by atoms with Crippen molar-refractivity contribution < 1.29 is 4.39 Å². The highest BCUT2D eigenvalue weighted by Gasteiger charge is 2.30. The van der Waals surface area contributed by atoms with Crippen molar-refractivity contribution in [3.8, 4) is 0 Å². The Morgan fingerprint density at radius 3 is 2.94 bits per heavy atom. The lowest BCUT2D eigenvalue weighted by atomic mass is 9.88. The maximum atomic E-state index is 13.4. The van der Waals surface area contributed by atoms with Crippen LogP contribution in [0.15, 0.2) is 18.2 Å². The van der Waals surface area contributed by atoms with E-state index in [4.69, 9.17) is 5.73 Å². The van der Waals surface area contributed by atoms with Crippen LogP contribution >= 0.6 is 0 Å². The van der Waals surface area contributed by atoms with Crippen LogP contribution in [0, 0.1) is 12.7 Å². The monoisotopic (exact) mass is 236 g/mol. The molecule has 3 heteroatoms. The Kier molecular flexibility index (Phi) is 3.79. The molecule has 2 nitrogen and oxygen atoms in total. The minimum Gasteiger partial charge on any atom is -0.326 e. The van der Waals surface area contributed by atoms with E-state index < -0.39 is 0 Å². The summed E-state index contributed by atoms with van der Waals surface area (Å²) in [6, 6.07) is 5.30. The molecule has 2 unspecified atom stereocenters. The Morgan fingerprint density at radius 2 is 2.24 bits per heavy atom. The molecular formula is C14H21FN2. The van der Waals surface area contributed by atoms with Crippen LogP contribution in [0.3, 0.4) is 0 Å². The van der Waals surface area contributed by atoms with Gasteiger partial charge in [-0.2, -0.15) is 0 Å². The third-order valence-corrected chi connectivity index (χ3v) is 3.75. The van der Waals surface area contributed by atoms with Gasteiger partial charge in [-0.1, -0.05) is 13.0 Å². The summed E-state index contributed by atoms with van der Waals surface area (Å²) in [6.45, 7) is 6.20. The molecule has 1 aromatic carbocycles. The molecule has 2 atom stereocenters. The molecule has 0 aliphatic carbocycles. The highest BCUT2D eigenvalue weighted by Crippen LogP contribution is 2.32. The number of nitrogens with two attached hydrogens (primary N) is 1. The van der Waals surface area contributed by atoms with E-state index in [-0.39, 0.29) is 17.9 Å². The van der Waals surface area contributed by atoms with Gasteiger partial charge >= 0.3 is 0 Å². The van der Waals surface area contributed by atoms with Crippen molar-refractivity contribution in [2.75, 3.05) is 13.1 Å². The summed E-state index contributed by atoms with van der Waals surface area (Å²) in [5.74, 6) is -0.167. The zero-order valence-corrected chi connectivity index (χ0v) is 10.6. The lowest BCUT2D eigenvalue weighted by Gasteiger charge is -2.40. The van der Waals surface area contributed by atoms with Crippen LogP contribution in [0.25, 0.3) is 0 Å². The van der Waals surface area contributed by atoms with Crippen LogP contribution < -0.4 is 5.73 Å². The SMILES string of the molecule is CCN1CCCC(N)C1c1cc(F)ccc1C. The fourth-order valence-electron chi connectivity index (χ4n) is 2.81. The molecule has 1 aromatic rings. The first-order valence-corrected chi connectivity index (χ1v) is 6.39. The first kappa shape index (κ1) is 12.5. The Balaban J connectivity index is 2.37. The van der Waals surface area contributed by atoms with Crippen molar-refractivity contribution in [3.63, 3.8) is 0 Å². The van der Waals surface area contributed by atoms with Gasteiger partial charge in [0.05, 0.1) is 6.04 Å². The second-order valence-corrected chi connectivity index (χ2v) is 4.88. The summed E-state index contributed by atoms with van der Waals surface area (Å²) in [5.41, 5.74) is 8.42. The maximum Gasteiger partial charge on any atom is 0.123 e. The molecule has 0 amide bonds. The number of hydrogen-bond acceptors (Lipinski definition) is 2. The van der Waals surface area contributed by atoms with E-state index in [0.717, 1.165) is 37.1 Å². The molecule has 1 fully saturated rings. The largest absolute Gasteiger partial charge is 0.326 e. The van der Waals surface area contributed by atoms with E-state index in [0.29, 0.717) is 0 Å². The summed E-state index contributed by atoms with van der Waals surface area (Å²) in [4.78, 5) is 2.36. The van der Waals surface area contributed by atoms with Gasteiger partial charge < -0.3 is 5.73 Å². The van der Waals surface area contributed by atoms with Crippen molar-refractivity contribution in [1.29, 1.82) is 0 Å². The van der Waals surface area contributed by atoms with Crippen LogP contribution in [0.5, 0.6) is 0 Å². The number of likely N-dealkylation sites (N-methyl/N-ethyl adjacent to an activating group) is 1. The fraction of sp³-hybridized carbons (Fsp3) is 0.571. The molecular weight excluding hydrogens is 215 g/mol. The Morgan fingerprint density at radius 1 is 1.47 bits per heavy atom. The van der Waals surface area contributed by atoms with Gasteiger partial charge in [-0.05, 0) is 56.1 Å². The number of rotatable bonds is 2. The van der Waals surface area contributed by atoms with E-state index in [1.807, 2.05) is 13.0 Å². The minimum atomic E-state index is -0.167. The zero-order chi connectivity index (χ0) is 12.4. The average molecular weight is 236 g/mol. The van der Waals surface area contributed by atoms with Gasteiger partial charge in [-0.25, -0.2) is 4.39 Å². The van der Waals surface area contributed by atoms with Crippen molar-refractivity contribution in [1.82, 2.24) is 4.90 Å². The quantitative estimate of drug-likeness (QED) is 0.855. The van der Waals surface area contributed by atoms with Crippen molar-refractivity contribution in [2.24, 2.45) is 5.73 Å². The third-order valence-electron chi connectivity index (χ3n) is 3.75. The highest BCUT2D eigenvalue weighted by molar-refractivity contribution is 5.31. The first-order valence-electron chi connectivity index (χ1n) is 6.39. The standard InChI is InChI=1S/C14H21FN2/c1-3-17-8-4-5-13(16)14(17)12-9-11(15)7-6-10(12)2/h6-7,9,13-14H,3-5,8,16H2,1-2H3. The molecule has 0 spiro atoms. The number of benzene rings is 1. The second-order valence-electron chi connectivity index (χ2n) is 4.88. The second kappa shape index (κ2) is 5.15. The number of likely N-dealkylation sites (tertiary alicyclic amines) is 1. The molecule has 1 aliphatic rings. The summed E-state index contributed by atoms with van der Waals surface area (Å²) < 4.78 is 13.4. The van der Waals surface area contributed by atoms with Crippen molar-refractivity contribution in [2.45, 2.75) is 38.8 Å². The number of piperidine rings is 1.